The summed E-state index contributed by atoms with van der Waals surface area (Å²) in [7, 11) is 0. The third-order valence-corrected chi connectivity index (χ3v) is 14.2. The van der Waals surface area contributed by atoms with Gasteiger partial charge in [-0.1, -0.05) is 91.5 Å². The SMILES string of the molecule is C=C/C=C(\C=C)COC1CC(C)(C)CC2C3=CCC4C5(C)CCC(O)C(C)(CO)C5CCC4(C)C3(C)CCC12C.CCO. The number of hydrogen-bond acceptors (Lipinski definition) is 4. The molecule has 0 aromatic rings. The summed E-state index contributed by atoms with van der Waals surface area (Å²) in [5, 5.41) is 29.1. The maximum absolute atomic E-state index is 11.0. The summed E-state index contributed by atoms with van der Waals surface area (Å²) in [6.45, 7) is 27.9. The Labute approximate surface area is 263 Å². The molecular formula is C39H64O4. The van der Waals surface area contributed by atoms with Gasteiger partial charge in [-0.15, -0.1) is 0 Å². The van der Waals surface area contributed by atoms with Crippen LogP contribution in [-0.4, -0.2) is 47.3 Å². The Balaban J connectivity index is 0.00000135. The minimum Gasteiger partial charge on any atom is -0.397 e. The number of hydrogen-bond donors (Lipinski definition) is 3. The molecule has 10 atom stereocenters. The van der Waals surface area contributed by atoms with Crippen LogP contribution in [0.5, 0.6) is 0 Å². The van der Waals surface area contributed by atoms with Crippen molar-refractivity contribution in [1.82, 2.24) is 0 Å². The van der Waals surface area contributed by atoms with Crippen molar-refractivity contribution >= 4 is 0 Å². The number of ether oxygens (including phenoxy) is 1. The summed E-state index contributed by atoms with van der Waals surface area (Å²) in [4.78, 5) is 0. The lowest BCUT2D eigenvalue weighted by molar-refractivity contribution is -0.219. The molecule has 5 aliphatic carbocycles. The smallest absolute Gasteiger partial charge is 0.0720 e. The van der Waals surface area contributed by atoms with Crippen LogP contribution in [0.1, 0.15) is 113 Å². The summed E-state index contributed by atoms with van der Waals surface area (Å²) in [5.41, 5.74) is 3.34. The van der Waals surface area contributed by atoms with E-state index in [1.54, 1.807) is 12.5 Å². The second kappa shape index (κ2) is 12.2. The number of allylic oxidation sites excluding steroid dienone is 4. The average molecular weight is 597 g/mol. The molecule has 0 saturated heterocycles. The second-order valence-corrected chi connectivity index (χ2v) is 16.9. The van der Waals surface area contributed by atoms with Crippen LogP contribution < -0.4 is 0 Å². The maximum Gasteiger partial charge on any atom is 0.0720 e. The van der Waals surface area contributed by atoms with Gasteiger partial charge in [0.1, 0.15) is 0 Å². The van der Waals surface area contributed by atoms with Gasteiger partial charge in [-0.05, 0) is 110 Å². The number of rotatable bonds is 6. The van der Waals surface area contributed by atoms with Crippen molar-refractivity contribution < 1.29 is 20.1 Å². The first-order valence-corrected chi connectivity index (χ1v) is 17.2. The van der Waals surface area contributed by atoms with Crippen LogP contribution in [-0.2, 0) is 4.74 Å². The lowest BCUT2D eigenvalue weighted by Crippen LogP contribution is -2.66. The van der Waals surface area contributed by atoms with Gasteiger partial charge in [0.15, 0.2) is 0 Å². The van der Waals surface area contributed by atoms with Crippen molar-refractivity contribution in [1.29, 1.82) is 0 Å². The van der Waals surface area contributed by atoms with Gasteiger partial charge in [-0.25, -0.2) is 0 Å². The number of aliphatic hydroxyl groups is 3. The van der Waals surface area contributed by atoms with Crippen molar-refractivity contribution in [3.8, 4) is 0 Å². The van der Waals surface area contributed by atoms with Gasteiger partial charge in [0.25, 0.3) is 0 Å². The Kier molecular flexibility index (Phi) is 9.83. The van der Waals surface area contributed by atoms with Gasteiger partial charge in [-0.3, -0.25) is 0 Å². The lowest BCUT2D eigenvalue weighted by Gasteiger charge is -2.71. The largest absolute Gasteiger partial charge is 0.397 e. The predicted molar refractivity (Wildman–Crippen MR) is 178 cm³/mol. The summed E-state index contributed by atoms with van der Waals surface area (Å²) in [5.74, 6) is 1.49. The molecular weight excluding hydrogens is 532 g/mol. The standard InChI is InChI=1S/C37H58O3.C2H6O/c1-10-12-25(11-2)23-40-31-22-32(3,4)21-27-26-13-14-29-34(6)17-16-30(39)35(7,24-38)28(34)15-18-37(29,9)36(26,8)20-19-33(27,31)5;1-2-3/h10-13,27-31,38-39H,1-2,14-24H2,3-9H3;3H,2H2,1H3/b25-12+;. The molecule has 0 aromatic heterocycles. The monoisotopic (exact) mass is 596 g/mol. The van der Waals surface area contributed by atoms with E-state index in [4.69, 9.17) is 9.84 Å². The van der Waals surface area contributed by atoms with Gasteiger partial charge in [0, 0.05) is 17.4 Å². The van der Waals surface area contributed by atoms with Gasteiger partial charge >= 0.3 is 0 Å². The number of fused-ring (bicyclic) bond motifs is 7. The quantitative estimate of drug-likeness (QED) is 0.213. The van der Waals surface area contributed by atoms with Crippen molar-refractivity contribution in [2.24, 2.45) is 50.2 Å². The molecule has 0 aliphatic heterocycles. The average Bonchev–Trinajstić information content (AvgIpc) is 2.95. The summed E-state index contributed by atoms with van der Waals surface area (Å²) >= 11 is 0. The third-order valence-electron chi connectivity index (χ3n) is 14.2. The van der Waals surface area contributed by atoms with E-state index in [0.29, 0.717) is 24.4 Å². The van der Waals surface area contributed by atoms with Crippen LogP contribution in [0.25, 0.3) is 0 Å². The van der Waals surface area contributed by atoms with Crippen LogP contribution >= 0.6 is 0 Å². The van der Waals surface area contributed by atoms with E-state index in [0.717, 1.165) is 37.7 Å². The minimum absolute atomic E-state index is 0.0860. The van der Waals surface area contributed by atoms with E-state index in [1.807, 2.05) is 18.2 Å². The van der Waals surface area contributed by atoms with Gasteiger partial charge in [-0.2, -0.15) is 0 Å². The first-order valence-electron chi connectivity index (χ1n) is 17.2. The van der Waals surface area contributed by atoms with Crippen LogP contribution in [0, 0.1) is 50.2 Å². The van der Waals surface area contributed by atoms with E-state index in [1.165, 1.54) is 25.7 Å². The van der Waals surface area contributed by atoms with Crippen LogP contribution in [0.2, 0.25) is 0 Å². The highest BCUT2D eigenvalue weighted by molar-refractivity contribution is 5.34. The van der Waals surface area contributed by atoms with Crippen LogP contribution in [0.3, 0.4) is 0 Å². The van der Waals surface area contributed by atoms with E-state index in [2.05, 4.69) is 67.7 Å². The zero-order chi connectivity index (χ0) is 32.1. The number of aliphatic hydroxyl groups excluding tert-OH is 3. The molecule has 3 N–H and O–H groups in total. The highest BCUT2D eigenvalue weighted by atomic mass is 16.5. The molecule has 4 saturated carbocycles. The molecule has 10 unspecified atom stereocenters. The Hall–Kier alpha value is -1.20. The molecule has 43 heavy (non-hydrogen) atoms. The molecule has 4 heteroatoms. The fourth-order valence-electron chi connectivity index (χ4n) is 11.4. The first kappa shape index (κ1) is 34.7. The molecule has 0 radical (unpaired) electrons. The van der Waals surface area contributed by atoms with Gasteiger partial charge in [0.05, 0.1) is 25.4 Å². The molecule has 5 aliphatic rings. The molecule has 4 fully saturated rings. The fraction of sp³-hybridized carbons (Fsp3) is 0.795. The fourth-order valence-corrected chi connectivity index (χ4v) is 11.4. The molecule has 4 nitrogen and oxygen atoms in total. The minimum atomic E-state index is -0.398. The molecule has 0 bridgehead atoms. The Morgan fingerprint density at radius 3 is 2.21 bits per heavy atom. The van der Waals surface area contributed by atoms with Crippen LogP contribution in [0.4, 0.5) is 0 Å². The van der Waals surface area contributed by atoms with Crippen molar-refractivity contribution in [3.05, 3.63) is 48.6 Å². The van der Waals surface area contributed by atoms with Crippen LogP contribution in [0.15, 0.2) is 48.6 Å². The Morgan fingerprint density at radius 2 is 1.60 bits per heavy atom. The molecule has 5 rings (SSSR count). The first-order chi connectivity index (χ1) is 20.1. The highest BCUT2D eigenvalue weighted by Gasteiger charge is 2.69. The predicted octanol–water partition coefficient (Wildman–Crippen LogP) is 8.43. The molecule has 244 valence electrons. The normalized spacial score (nSPS) is 46.9. The van der Waals surface area contributed by atoms with Crippen molar-refractivity contribution in [2.45, 2.75) is 125 Å². The zero-order valence-corrected chi connectivity index (χ0v) is 28.8. The van der Waals surface area contributed by atoms with Gasteiger partial charge in [0.2, 0.25) is 0 Å². The summed E-state index contributed by atoms with van der Waals surface area (Å²) < 4.78 is 6.81. The molecule has 0 amide bonds. The highest BCUT2D eigenvalue weighted by Crippen LogP contribution is 2.75. The maximum atomic E-state index is 11.0. The van der Waals surface area contributed by atoms with Crippen molar-refractivity contribution in [2.75, 3.05) is 19.8 Å². The van der Waals surface area contributed by atoms with E-state index in [-0.39, 0.29) is 46.4 Å². The van der Waals surface area contributed by atoms with E-state index in [9.17, 15) is 10.2 Å². The zero-order valence-electron chi connectivity index (χ0n) is 28.8. The lowest BCUT2D eigenvalue weighted by atomic mass is 9.33. The Morgan fingerprint density at radius 1 is 0.930 bits per heavy atom. The molecule has 0 spiro atoms. The summed E-state index contributed by atoms with van der Waals surface area (Å²) in [6.07, 6.45) is 18.4. The molecule has 0 aromatic carbocycles. The Bertz CT molecular complexity index is 1100. The van der Waals surface area contributed by atoms with Crippen molar-refractivity contribution in [3.63, 3.8) is 0 Å². The van der Waals surface area contributed by atoms with E-state index >= 15 is 0 Å². The van der Waals surface area contributed by atoms with E-state index < -0.39 is 11.5 Å². The second-order valence-electron chi connectivity index (χ2n) is 16.9. The van der Waals surface area contributed by atoms with Gasteiger partial charge < -0.3 is 20.1 Å². The topological polar surface area (TPSA) is 69.9 Å². The molecule has 0 heterocycles. The summed E-state index contributed by atoms with van der Waals surface area (Å²) in [6, 6.07) is 0. The third kappa shape index (κ3) is 5.38.